The minimum absolute atomic E-state index is 0.313. The van der Waals surface area contributed by atoms with Gasteiger partial charge in [-0.05, 0) is 81.0 Å². The van der Waals surface area contributed by atoms with Gasteiger partial charge in [0.25, 0.3) is 5.91 Å². The average Bonchev–Trinajstić information content (AvgIpc) is 2.96. The molecule has 238 valence electrons. The van der Waals surface area contributed by atoms with E-state index in [1.807, 2.05) is 43.3 Å². The molecule has 0 spiro atoms. The second-order valence-corrected chi connectivity index (χ2v) is 12.6. The van der Waals surface area contributed by atoms with Crippen LogP contribution in [-0.2, 0) is 19.1 Å². The van der Waals surface area contributed by atoms with Crippen molar-refractivity contribution in [3.05, 3.63) is 77.9 Å². The van der Waals surface area contributed by atoms with Crippen molar-refractivity contribution in [2.45, 2.75) is 84.5 Å². The maximum Gasteiger partial charge on any atom is 0.408 e. The van der Waals surface area contributed by atoms with Crippen molar-refractivity contribution < 1.29 is 23.9 Å². The molecule has 0 radical (unpaired) electrons. The number of nitrogens with two attached hydrogens (primary N) is 1. The monoisotopic (exact) mass is 612 g/mol. The van der Waals surface area contributed by atoms with Gasteiger partial charge in [0.2, 0.25) is 11.8 Å². The number of primary amides is 1. The number of amides is 4. The van der Waals surface area contributed by atoms with Crippen LogP contribution in [0.2, 0.25) is 0 Å². The van der Waals surface area contributed by atoms with Crippen molar-refractivity contribution in [1.82, 2.24) is 10.2 Å². The molecule has 9 heteroatoms. The number of alkyl carbamates (subject to hydrolysis) is 1. The molecule has 3 rings (SSSR count). The maximum atomic E-state index is 14.5. The normalized spacial score (nSPS) is 13.3. The zero-order valence-corrected chi connectivity index (χ0v) is 26.9. The van der Waals surface area contributed by atoms with E-state index in [1.54, 1.807) is 51.1 Å². The average molecular weight is 613 g/mol. The van der Waals surface area contributed by atoms with Crippen LogP contribution in [0.15, 0.2) is 66.7 Å². The van der Waals surface area contributed by atoms with E-state index in [4.69, 9.17) is 16.9 Å². The van der Waals surface area contributed by atoms with Gasteiger partial charge in [0, 0.05) is 17.3 Å². The first-order valence-corrected chi connectivity index (χ1v) is 15.1. The lowest BCUT2D eigenvalue weighted by molar-refractivity contribution is -0.144. The van der Waals surface area contributed by atoms with E-state index in [1.165, 1.54) is 4.90 Å². The van der Waals surface area contributed by atoms with Gasteiger partial charge >= 0.3 is 6.09 Å². The molecule has 0 fully saturated rings. The number of ether oxygens (including phenoxy) is 1. The number of fused-ring (bicyclic) bond motifs is 1. The minimum atomic E-state index is -1.40. The molecule has 0 aromatic heterocycles. The molecular formula is C36H44N4O5. The Balaban J connectivity index is 2.15. The quantitative estimate of drug-likeness (QED) is 0.219. The highest BCUT2D eigenvalue weighted by molar-refractivity contribution is 6.01. The number of rotatable bonds is 12. The van der Waals surface area contributed by atoms with Crippen molar-refractivity contribution in [3.8, 4) is 12.3 Å². The molecule has 3 aromatic rings. The fourth-order valence-electron chi connectivity index (χ4n) is 5.11. The SMILES string of the molecule is C#Cc1ccccc1C(C(=O)Nc1ccc2ccccc2c1)N(C(=O)C(CC(N)=O)NC(=O)OC(C)(C)C)C(C)CCC(C)C. The Labute approximate surface area is 265 Å². The van der Waals surface area contributed by atoms with Gasteiger partial charge in [-0.1, -0.05) is 68.3 Å². The zero-order valence-electron chi connectivity index (χ0n) is 26.9. The van der Waals surface area contributed by atoms with E-state index in [0.29, 0.717) is 29.2 Å². The van der Waals surface area contributed by atoms with E-state index in [2.05, 4.69) is 30.4 Å². The van der Waals surface area contributed by atoms with Crippen LogP contribution < -0.4 is 16.4 Å². The standard InChI is InChI=1S/C36H44N4O5/c1-8-25-13-11-12-16-29(25)32(33(42)38-28-20-19-26-14-9-10-15-27(26)21-28)40(24(4)18-17-23(2)3)34(43)30(22-31(37)41)39-35(44)45-36(5,6)7/h1,9-16,19-21,23-24,30,32H,17-18,22H2,2-7H3,(H2,37,41)(H,38,42)(H,39,44). The molecule has 3 atom stereocenters. The van der Waals surface area contributed by atoms with Crippen LogP contribution in [0.25, 0.3) is 10.8 Å². The summed E-state index contributed by atoms with van der Waals surface area (Å²) < 4.78 is 5.38. The van der Waals surface area contributed by atoms with E-state index in [0.717, 1.165) is 17.2 Å². The van der Waals surface area contributed by atoms with Crippen LogP contribution in [0.4, 0.5) is 10.5 Å². The number of anilines is 1. The van der Waals surface area contributed by atoms with Crippen LogP contribution in [-0.4, -0.2) is 46.4 Å². The first-order chi connectivity index (χ1) is 21.2. The van der Waals surface area contributed by atoms with Gasteiger partial charge in [-0.3, -0.25) is 14.4 Å². The summed E-state index contributed by atoms with van der Waals surface area (Å²) in [5.41, 5.74) is 6.07. The molecule has 4 amide bonds. The molecule has 3 aromatic carbocycles. The number of benzene rings is 3. The van der Waals surface area contributed by atoms with Crippen molar-refractivity contribution in [1.29, 1.82) is 0 Å². The Morgan fingerprint density at radius 3 is 2.20 bits per heavy atom. The van der Waals surface area contributed by atoms with E-state index in [9.17, 15) is 19.2 Å². The van der Waals surface area contributed by atoms with Crippen molar-refractivity contribution in [3.63, 3.8) is 0 Å². The first-order valence-electron chi connectivity index (χ1n) is 15.1. The van der Waals surface area contributed by atoms with Crippen molar-refractivity contribution in [2.24, 2.45) is 11.7 Å². The van der Waals surface area contributed by atoms with Crippen LogP contribution in [0.1, 0.15) is 78.0 Å². The van der Waals surface area contributed by atoms with Crippen LogP contribution in [0.3, 0.4) is 0 Å². The molecule has 4 N–H and O–H groups in total. The molecule has 3 unspecified atom stereocenters. The molecule has 45 heavy (non-hydrogen) atoms. The predicted octanol–water partition coefficient (Wildman–Crippen LogP) is 5.92. The summed E-state index contributed by atoms with van der Waals surface area (Å²) in [4.78, 5) is 55.3. The molecule has 0 heterocycles. The summed E-state index contributed by atoms with van der Waals surface area (Å²) in [6.45, 7) is 11.0. The predicted molar refractivity (Wildman–Crippen MR) is 177 cm³/mol. The molecule has 0 saturated carbocycles. The summed E-state index contributed by atoms with van der Waals surface area (Å²) >= 11 is 0. The van der Waals surface area contributed by atoms with E-state index >= 15 is 0 Å². The van der Waals surface area contributed by atoms with Gasteiger partial charge in [-0.25, -0.2) is 4.79 Å². The lowest BCUT2D eigenvalue weighted by atomic mass is 9.94. The summed E-state index contributed by atoms with van der Waals surface area (Å²) in [7, 11) is 0. The molecule has 0 aliphatic carbocycles. The highest BCUT2D eigenvalue weighted by Crippen LogP contribution is 2.31. The Morgan fingerprint density at radius 2 is 1.58 bits per heavy atom. The number of hydrogen-bond acceptors (Lipinski definition) is 5. The van der Waals surface area contributed by atoms with Gasteiger partial charge in [0.15, 0.2) is 0 Å². The van der Waals surface area contributed by atoms with Gasteiger partial charge in [-0.15, -0.1) is 6.42 Å². The second-order valence-electron chi connectivity index (χ2n) is 12.6. The van der Waals surface area contributed by atoms with Gasteiger partial charge in [-0.2, -0.15) is 0 Å². The van der Waals surface area contributed by atoms with Crippen molar-refractivity contribution in [2.75, 3.05) is 5.32 Å². The zero-order chi connectivity index (χ0) is 33.3. The summed E-state index contributed by atoms with van der Waals surface area (Å²) in [6, 6.07) is 17.1. The number of carbonyl (C=O) groups excluding carboxylic acids is 4. The smallest absolute Gasteiger partial charge is 0.408 e. The third-order valence-electron chi connectivity index (χ3n) is 7.24. The van der Waals surface area contributed by atoms with Gasteiger partial charge < -0.3 is 26.0 Å². The number of terminal acetylenes is 1. The minimum Gasteiger partial charge on any atom is -0.444 e. The van der Waals surface area contributed by atoms with Crippen LogP contribution in [0, 0.1) is 18.3 Å². The first kappa shape index (κ1) is 34.6. The molecule has 0 aliphatic rings. The summed E-state index contributed by atoms with van der Waals surface area (Å²) in [5, 5.41) is 7.44. The largest absolute Gasteiger partial charge is 0.444 e. The Hall–Kier alpha value is -4.84. The summed E-state index contributed by atoms with van der Waals surface area (Å²) in [5.74, 6) is 0.976. The number of nitrogens with zero attached hydrogens (tertiary/aromatic N) is 1. The topological polar surface area (TPSA) is 131 Å². The number of carbonyl (C=O) groups is 4. The third kappa shape index (κ3) is 9.83. The Morgan fingerprint density at radius 1 is 0.933 bits per heavy atom. The summed E-state index contributed by atoms with van der Waals surface area (Å²) in [6.07, 6.45) is 5.78. The third-order valence-corrected chi connectivity index (χ3v) is 7.24. The van der Waals surface area contributed by atoms with Crippen LogP contribution >= 0.6 is 0 Å². The van der Waals surface area contributed by atoms with Crippen molar-refractivity contribution >= 4 is 40.3 Å². The number of hydrogen-bond donors (Lipinski definition) is 3. The number of nitrogens with one attached hydrogen (secondary N) is 2. The van der Waals surface area contributed by atoms with E-state index in [-0.39, 0.29) is 0 Å². The Kier molecular flexibility index (Phi) is 11.7. The highest BCUT2D eigenvalue weighted by atomic mass is 16.6. The highest BCUT2D eigenvalue weighted by Gasteiger charge is 2.40. The van der Waals surface area contributed by atoms with Crippen LogP contribution in [0.5, 0.6) is 0 Å². The molecule has 0 bridgehead atoms. The maximum absolute atomic E-state index is 14.5. The molecule has 0 saturated heterocycles. The fraction of sp³-hybridized carbons (Fsp3) is 0.389. The fourth-order valence-corrected chi connectivity index (χ4v) is 5.11. The van der Waals surface area contributed by atoms with E-state index < -0.39 is 54.0 Å². The molecular weight excluding hydrogens is 568 g/mol. The molecule has 0 aliphatic heterocycles. The Bertz CT molecular complexity index is 1570. The second kappa shape index (κ2) is 15.2. The molecule has 9 nitrogen and oxygen atoms in total. The lowest BCUT2D eigenvalue weighted by Crippen LogP contribution is -2.56. The van der Waals surface area contributed by atoms with Gasteiger partial charge in [0.05, 0.1) is 6.42 Å². The van der Waals surface area contributed by atoms with Gasteiger partial charge in [0.1, 0.15) is 17.7 Å². The lowest BCUT2D eigenvalue weighted by Gasteiger charge is -2.39.